The summed E-state index contributed by atoms with van der Waals surface area (Å²) in [5.41, 5.74) is 0. The van der Waals surface area contributed by atoms with Crippen LogP contribution in [0.1, 0.15) is 20.3 Å². The largest absolute Gasteiger partial charge is 0.493 e. The summed E-state index contributed by atoms with van der Waals surface area (Å²) in [5, 5.41) is 5.51. The van der Waals surface area contributed by atoms with E-state index < -0.39 is 15.8 Å². The van der Waals surface area contributed by atoms with Gasteiger partial charge in [0.2, 0.25) is 0 Å². The molecule has 0 saturated carbocycles. The molecule has 35 heavy (non-hydrogen) atoms. The highest BCUT2D eigenvalue weighted by Gasteiger charge is 2.21. The second kappa shape index (κ2) is 13.4. The Labute approximate surface area is 212 Å². The number of hydrogen-bond acceptors (Lipinski definition) is 2. The van der Waals surface area contributed by atoms with Gasteiger partial charge >= 0.3 is 0 Å². The lowest BCUT2D eigenvalue weighted by Gasteiger charge is -2.24. The molecule has 0 aromatic heterocycles. The average molecular weight is 501 g/mol. The van der Waals surface area contributed by atoms with Crippen LogP contribution in [0.3, 0.4) is 0 Å². The SMILES string of the molecule is CCOc1ccccc1P(CCCP(c1ccccc1)c1ccccc1OCC)c1ccccc1. The molecule has 2 unspecified atom stereocenters. The molecule has 2 atom stereocenters. The number of para-hydroxylation sites is 2. The first-order valence-electron chi connectivity index (χ1n) is 12.4. The fraction of sp³-hybridized carbons (Fsp3) is 0.226. The molecule has 4 heteroatoms. The van der Waals surface area contributed by atoms with Gasteiger partial charge in [-0.25, -0.2) is 0 Å². The zero-order valence-electron chi connectivity index (χ0n) is 20.6. The minimum absolute atomic E-state index is 0.512. The highest BCUT2D eigenvalue weighted by Crippen LogP contribution is 2.42. The van der Waals surface area contributed by atoms with Gasteiger partial charge in [-0.05, 0) is 71.2 Å². The van der Waals surface area contributed by atoms with Crippen molar-refractivity contribution in [3.8, 4) is 11.5 Å². The first-order chi connectivity index (χ1) is 17.3. The van der Waals surface area contributed by atoms with E-state index in [0.29, 0.717) is 13.2 Å². The summed E-state index contributed by atoms with van der Waals surface area (Å²) in [6.07, 6.45) is 3.40. The first kappa shape index (κ1) is 25.4. The fourth-order valence-corrected chi connectivity index (χ4v) is 9.45. The van der Waals surface area contributed by atoms with Crippen LogP contribution in [-0.4, -0.2) is 25.5 Å². The number of hydrogen-bond donors (Lipinski definition) is 0. The van der Waals surface area contributed by atoms with Crippen molar-refractivity contribution >= 4 is 37.1 Å². The lowest BCUT2D eigenvalue weighted by Crippen LogP contribution is -2.19. The molecule has 0 spiro atoms. The molecule has 0 aliphatic heterocycles. The molecule has 4 rings (SSSR count). The van der Waals surface area contributed by atoms with Crippen LogP contribution in [0.2, 0.25) is 0 Å². The summed E-state index contributed by atoms with van der Waals surface area (Å²) in [7, 11) is -1.02. The molecular formula is C31H34O2P2. The Morgan fingerprint density at radius 1 is 0.486 bits per heavy atom. The van der Waals surface area contributed by atoms with Crippen molar-refractivity contribution in [2.75, 3.05) is 25.5 Å². The van der Waals surface area contributed by atoms with E-state index in [0.717, 1.165) is 30.2 Å². The van der Waals surface area contributed by atoms with Gasteiger partial charge in [-0.15, -0.1) is 0 Å². The molecule has 0 saturated heterocycles. The van der Waals surface area contributed by atoms with Crippen molar-refractivity contribution in [1.29, 1.82) is 0 Å². The first-order valence-corrected chi connectivity index (χ1v) is 15.5. The van der Waals surface area contributed by atoms with Crippen molar-refractivity contribution in [2.45, 2.75) is 20.3 Å². The van der Waals surface area contributed by atoms with Crippen LogP contribution in [0, 0.1) is 0 Å². The van der Waals surface area contributed by atoms with Crippen molar-refractivity contribution < 1.29 is 9.47 Å². The van der Waals surface area contributed by atoms with Crippen molar-refractivity contribution in [3.63, 3.8) is 0 Å². The second-order valence-electron chi connectivity index (χ2n) is 8.13. The zero-order chi connectivity index (χ0) is 24.3. The summed E-state index contributed by atoms with van der Waals surface area (Å²) < 4.78 is 12.1. The summed E-state index contributed by atoms with van der Waals surface area (Å²) in [6, 6.07) is 39.1. The van der Waals surface area contributed by atoms with Gasteiger partial charge < -0.3 is 9.47 Å². The normalized spacial score (nSPS) is 12.6. The third-order valence-electron chi connectivity index (χ3n) is 5.81. The molecule has 0 amide bonds. The van der Waals surface area contributed by atoms with Crippen LogP contribution in [-0.2, 0) is 0 Å². The van der Waals surface area contributed by atoms with E-state index in [1.165, 1.54) is 21.2 Å². The zero-order valence-corrected chi connectivity index (χ0v) is 22.4. The Morgan fingerprint density at radius 3 is 1.26 bits per heavy atom. The monoisotopic (exact) mass is 500 g/mol. The molecule has 0 aliphatic rings. The minimum atomic E-state index is -0.512. The Kier molecular flexibility index (Phi) is 9.76. The van der Waals surface area contributed by atoms with E-state index in [-0.39, 0.29) is 0 Å². The fourth-order valence-electron chi connectivity index (χ4n) is 4.30. The minimum Gasteiger partial charge on any atom is -0.493 e. The van der Waals surface area contributed by atoms with Crippen molar-refractivity contribution in [2.24, 2.45) is 0 Å². The summed E-state index contributed by atoms with van der Waals surface area (Å²) >= 11 is 0. The van der Waals surface area contributed by atoms with Gasteiger partial charge in [0.25, 0.3) is 0 Å². The molecule has 180 valence electrons. The van der Waals surface area contributed by atoms with Crippen LogP contribution in [0.4, 0.5) is 0 Å². The predicted octanol–water partition coefficient (Wildman–Crippen LogP) is 6.44. The Hall–Kier alpha value is -2.66. The Balaban J connectivity index is 1.62. The lowest BCUT2D eigenvalue weighted by atomic mass is 10.3. The topological polar surface area (TPSA) is 18.5 Å². The molecule has 4 aromatic rings. The molecule has 2 nitrogen and oxygen atoms in total. The van der Waals surface area contributed by atoms with Crippen LogP contribution >= 0.6 is 15.8 Å². The predicted molar refractivity (Wildman–Crippen MR) is 155 cm³/mol. The molecule has 0 heterocycles. The molecule has 0 N–H and O–H groups in total. The smallest absolute Gasteiger partial charge is 0.127 e. The lowest BCUT2D eigenvalue weighted by molar-refractivity contribution is 0.343. The molecule has 0 bridgehead atoms. The van der Waals surface area contributed by atoms with Crippen LogP contribution in [0.5, 0.6) is 11.5 Å². The number of rotatable bonds is 12. The van der Waals surface area contributed by atoms with Gasteiger partial charge in [-0.1, -0.05) is 97.1 Å². The van der Waals surface area contributed by atoms with Crippen molar-refractivity contribution in [1.82, 2.24) is 0 Å². The molecular weight excluding hydrogens is 466 g/mol. The average Bonchev–Trinajstić information content (AvgIpc) is 2.91. The van der Waals surface area contributed by atoms with Gasteiger partial charge in [0.15, 0.2) is 0 Å². The summed E-state index contributed by atoms with van der Waals surface area (Å²) in [4.78, 5) is 0. The van der Waals surface area contributed by atoms with Gasteiger partial charge in [0.05, 0.1) is 13.2 Å². The molecule has 0 fully saturated rings. The van der Waals surface area contributed by atoms with Gasteiger partial charge in [0, 0.05) is 10.6 Å². The quantitative estimate of drug-likeness (QED) is 0.209. The maximum atomic E-state index is 6.05. The third-order valence-corrected chi connectivity index (χ3v) is 11.1. The van der Waals surface area contributed by atoms with E-state index in [1.807, 2.05) is 0 Å². The highest BCUT2D eigenvalue weighted by molar-refractivity contribution is 7.74. The van der Waals surface area contributed by atoms with E-state index in [4.69, 9.17) is 9.47 Å². The van der Waals surface area contributed by atoms with Gasteiger partial charge in [-0.3, -0.25) is 0 Å². The molecule has 0 radical (unpaired) electrons. The summed E-state index contributed by atoms with van der Waals surface area (Å²) in [5.74, 6) is 2.05. The number of ether oxygens (including phenoxy) is 2. The molecule has 4 aromatic carbocycles. The maximum Gasteiger partial charge on any atom is 0.127 e. The highest BCUT2D eigenvalue weighted by atomic mass is 31.1. The third kappa shape index (κ3) is 6.72. The van der Waals surface area contributed by atoms with Gasteiger partial charge in [-0.2, -0.15) is 0 Å². The Morgan fingerprint density at radius 2 is 0.857 bits per heavy atom. The molecule has 0 aliphatic carbocycles. The van der Waals surface area contributed by atoms with Crippen molar-refractivity contribution in [3.05, 3.63) is 109 Å². The van der Waals surface area contributed by atoms with E-state index >= 15 is 0 Å². The number of benzene rings is 4. The maximum absolute atomic E-state index is 6.05. The standard InChI is InChI=1S/C31H34O2P2/c1-3-32-28-20-11-13-22-30(28)34(26-16-7-5-8-17-26)24-15-25-35(27-18-9-6-10-19-27)31-23-14-12-21-29(31)33-4-2/h5-14,16-23H,3-4,15,24-25H2,1-2H3. The van der Waals surface area contributed by atoms with Crippen LogP contribution in [0.15, 0.2) is 109 Å². The second-order valence-corrected chi connectivity index (χ2v) is 12.7. The van der Waals surface area contributed by atoms with Crippen LogP contribution < -0.4 is 30.7 Å². The van der Waals surface area contributed by atoms with Gasteiger partial charge in [0.1, 0.15) is 11.5 Å². The van der Waals surface area contributed by atoms with Crippen LogP contribution in [0.25, 0.3) is 0 Å². The van der Waals surface area contributed by atoms with E-state index in [1.54, 1.807) is 0 Å². The van der Waals surface area contributed by atoms with E-state index in [9.17, 15) is 0 Å². The van der Waals surface area contributed by atoms with E-state index in [2.05, 4.69) is 123 Å². The summed E-state index contributed by atoms with van der Waals surface area (Å²) in [6.45, 7) is 5.49. The Bertz CT molecular complexity index is 1070.